The number of nitrogens with one attached hydrogen (secondary N) is 1. The highest BCUT2D eigenvalue weighted by molar-refractivity contribution is 5.78. The summed E-state index contributed by atoms with van der Waals surface area (Å²) < 4.78 is 5.47. The standard InChI is InChI=1S/C10H12N4O/c11-9-3-7-8(13-9)4-12-10(14-7)15-5-6-1-2-6/h3-4,6,13H,1-2,5,11H2. The second kappa shape index (κ2) is 3.12. The molecule has 0 spiro atoms. The molecule has 0 radical (unpaired) electrons. The number of anilines is 1. The van der Waals surface area contributed by atoms with Gasteiger partial charge in [-0.1, -0.05) is 0 Å². The normalized spacial score (nSPS) is 15.7. The number of aromatic nitrogens is 3. The molecule has 5 heteroatoms. The number of ether oxygens (including phenoxy) is 1. The first-order valence-corrected chi connectivity index (χ1v) is 5.05. The molecule has 1 aliphatic carbocycles. The van der Waals surface area contributed by atoms with Crippen molar-refractivity contribution in [2.75, 3.05) is 12.3 Å². The highest BCUT2D eigenvalue weighted by atomic mass is 16.5. The molecule has 1 fully saturated rings. The molecule has 2 heterocycles. The van der Waals surface area contributed by atoms with Crippen molar-refractivity contribution in [2.24, 2.45) is 5.92 Å². The summed E-state index contributed by atoms with van der Waals surface area (Å²) in [6, 6.07) is 2.22. The van der Waals surface area contributed by atoms with Crippen LogP contribution >= 0.6 is 0 Å². The molecule has 0 aromatic carbocycles. The maximum Gasteiger partial charge on any atom is 0.317 e. The second-order valence-corrected chi connectivity index (χ2v) is 3.93. The van der Waals surface area contributed by atoms with E-state index < -0.39 is 0 Å². The van der Waals surface area contributed by atoms with Crippen LogP contribution in [0.1, 0.15) is 12.8 Å². The first-order valence-electron chi connectivity index (χ1n) is 5.05. The topological polar surface area (TPSA) is 76.8 Å². The van der Waals surface area contributed by atoms with Crippen molar-refractivity contribution < 1.29 is 4.74 Å². The molecule has 2 aromatic rings. The Bertz CT molecular complexity index is 489. The average Bonchev–Trinajstić information content (AvgIpc) is 2.96. The van der Waals surface area contributed by atoms with Gasteiger partial charge in [-0.3, -0.25) is 0 Å². The van der Waals surface area contributed by atoms with Crippen molar-refractivity contribution in [1.82, 2.24) is 15.0 Å². The summed E-state index contributed by atoms with van der Waals surface area (Å²) >= 11 is 0. The summed E-state index contributed by atoms with van der Waals surface area (Å²) in [7, 11) is 0. The Labute approximate surface area is 86.7 Å². The number of fused-ring (bicyclic) bond motifs is 1. The van der Waals surface area contributed by atoms with Crippen LogP contribution in [-0.4, -0.2) is 21.6 Å². The predicted molar refractivity (Wildman–Crippen MR) is 56.5 cm³/mol. The van der Waals surface area contributed by atoms with E-state index in [0.717, 1.165) is 17.6 Å². The molecule has 1 aliphatic rings. The first kappa shape index (κ1) is 8.52. The molecule has 5 nitrogen and oxygen atoms in total. The number of rotatable bonds is 3. The number of H-pyrrole nitrogens is 1. The predicted octanol–water partition coefficient (Wildman–Crippen LogP) is 1.33. The van der Waals surface area contributed by atoms with Gasteiger partial charge in [-0.05, 0) is 18.8 Å². The maximum atomic E-state index is 5.61. The van der Waals surface area contributed by atoms with Gasteiger partial charge < -0.3 is 15.5 Å². The van der Waals surface area contributed by atoms with Gasteiger partial charge in [0.1, 0.15) is 5.82 Å². The average molecular weight is 204 g/mol. The number of hydrogen-bond donors (Lipinski definition) is 2. The van der Waals surface area contributed by atoms with Crippen LogP contribution in [0.2, 0.25) is 0 Å². The summed E-state index contributed by atoms with van der Waals surface area (Å²) in [6.07, 6.45) is 4.22. The molecule has 0 bridgehead atoms. The zero-order valence-electron chi connectivity index (χ0n) is 8.23. The number of nitrogen functional groups attached to an aromatic ring is 1. The van der Waals surface area contributed by atoms with Gasteiger partial charge in [-0.2, -0.15) is 4.98 Å². The van der Waals surface area contributed by atoms with Gasteiger partial charge in [0, 0.05) is 6.07 Å². The van der Waals surface area contributed by atoms with Gasteiger partial charge in [0.25, 0.3) is 0 Å². The molecule has 78 valence electrons. The monoisotopic (exact) mass is 204 g/mol. The molecule has 15 heavy (non-hydrogen) atoms. The molecular weight excluding hydrogens is 192 g/mol. The smallest absolute Gasteiger partial charge is 0.317 e. The Kier molecular flexibility index (Phi) is 1.77. The molecule has 1 saturated carbocycles. The van der Waals surface area contributed by atoms with Gasteiger partial charge in [0.15, 0.2) is 0 Å². The minimum atomic E-state index is 0.438. The quantitative estimate of drug-likeness (QED) is 0.790. The number of nitrogens with zero attached hydrogens (tertiary/aromatic N) is 2. The fourth-order valence-corrected chi connectivity index (χ4v) is 1.47. The van der Waals surface area contributed by atoms with E-state index in [9.17, 15) is 0 Å². The Hall–Kier alpha value is -1.78. The van der Waals surface area contributed by atoms with Crippen LogP contribution in [0.5, 0.6) is 6.01 Å². The molecule has 0 amide bonds. The number of nitrogens with two attached hydrogens (primary N) is 1. The maximum absolute atomic E-state index is 5.61. The molecule has 3 rings (SSSR count). The summed E-state index contributed by atoms with van der Waals surface area (Å²) in [4.78, 5) is 11.3. The van der Waals surface area contributed by atoms with Gasteiger partial charge in [0.2, 0.25) is 0 Å². The minimum Gasteiger partial charge on any atom is -0.463 e. The molecule has 0 aliphatic heterocycles. The molecule has 2 aromatic heterocycles. The van der Waals surface area contributed by atoms with E-state index in [4.69, 9.17) is 10.5 Å². The third-order valence-corrected chi connectivity index (χ3v) is 2.51. The largest absolute Gasteiger partial charge is 0.463 e. The molecule has 3 N–H and O–H groups in total. The number of hydrogen-bond acceptors (Lipinski definition) is 4. The first-order chi connectivity index (χ1) is 7.31. The van der Waals surface area contributed by atoms with Crippen molar-refractivity contribution in [3.8, 4) is 6.01 Å². The van der Waals surface area contributed by atoms with Crippen LogP contribution in [0.25, 0.3) is 11.0 Å². The van der Waals surface area contributed by atoms with Crippen molar-refractivity contribution in [1.29, 1.82) is 0 Å². The lowest BCUT2D eigenvalue weighted by molar-refractivity contribution is 0.277. The SMILES string of the molecule is Nc1cc2nc(OCC3CC3)ncc2[nH]1. The van der Waals surface area contributed by atoms with Gasteiger partial charge in [-0.15, -0.1) is 0 Å². The lowest BCUT2D eigenvalue weighted by atomic mass is 10.4. The summed E-state index contributed by atoms with van der Waals surface area (Å²) in [5, 5.41) is 0. The van der Waals surface area contributed by atoms with Crippen LogP contribution in [0.15, 0.2) is 12.3 Å². The van der Waals surface area contributed by atoms with E-state index >= 15 is 0 Å². The summed E-state index contributed by atoms with van der Waals surface area (Å²) in [5.74, 6) is 1.30. The lowest BCUT2D eigenvalue weighted by Crippen LogP contribution is -2.02. The second-order valence-electron chi connectivity index (χ2n) is 3.93. The minimum absolute atomic E-state index is 0.438. The van der Waals surface area contributed by atoms with Crippen molar-refractivity contribution in [2.45, 2.75) is 12.8 Å². The Morgan fingerprint density at radius 2 is 2.40 bits per heavy atom. The van der Waals surface area contributed by atoms with E-state index in [1.54, 1.807) is 12.3 Å². The molecule has 0 unspecified atom stereocenters. The number of aromatic amines is 1. The third kappa shape index (κ3) is 1.72. The van der Waals surface area contributed by atoms with E-state index in [-0.39, 0.29) is 0 Å². The third-order valence-electron chi connectivity index (χ3n) is 2.51. The van der Waals surface area contributed by atoms with Crippen LogP contribution in [0.4, 0.5) is 5.82 Å². The molecular formula is C10H12N4O. The van der Waals surface area contributed by atoms with Crippen molar-refractivity contribution >= 4 is 16.9 Å². The van der Waals surface area contributed by atoms with E-state index in [1.165, 1.54) is 12.8 Å². The fraction of sp³-hybridized carbons (Fsp3) is 0.400. The van der Waals surface area contributed by atoms with Gasteiger partial charge in [-0.25, -0.2) is 4.98 Å². The van der Waals surface area contributed by atoms with Gasteiger partial charge in [0.05, 0.1) is 23.8 Å². The van der Waals surface area contributed by atoms with E-state index in [2.05, 4.69) is 15.0 Å². The van der Waals surface area contributed by atoms with E-state index in [1.807, 2.05) is 0 Å². The van der Waals surface area contributed by atoms with Crippen molar-refractivity contribution in [3.63, 3.8) is 0 Å². The lowest BCUT2D eigenvalue weighted by Gasteiger charge is -2.01. The van der Waals surface area contributed by atoms with Crippen LogP contribution in [0.3, 0.4) is 0 Å². The molecule has 0 atom stereocenters. The zero-order chi connectivity index (χ0) is 10.3. The highest BCUT2D eigenvalue weighted by Crippen LogP contribution is 2.29. The fourth-order valence-electron chi connectivity index (χ4n) is 1.47. The Morgan fingerprint density at radius 3 is 3.20 bits per heavy atom. The zero-order valence-corrected chi connectivity index (χ0v) is 8.23. The van der Waals surface area contributed by atoms with Gasteiger partial charge >= 0.3 is 6.01 Å². The Balaban J connectivity index is 1.84. The van der Waals surface area contributed by atoms with Crippen LogP contribution in [-0.2, 0) is 0 Å². The van der Waals surface area contributed by atoms with Crippen molar-refractivity contribution in [3.05, 3.63) is 12.3 Å². The van der Waals surface area contributed by atoms with Crippen LogP contribution in [0, 0.1) is 5.92 Å². The highest BCUT2D eigenvalue weighted by Gasteiger charge is 2.22. The summed E-state index contributed by atoms with van der Waals surface area (Å²) in [6.45, 7) is 0.728. The Morgan fingerprint density at radius 1 is 1.53 bits per heavy atom. The summed E-state index contributed by atoms with van der Waals surface area (Å²) in [5.41, 5.74) is 7.25. The molecule has 0 saturated heterocycles. The van der Waals surface area contributed by atoms with Crippen LogP contribution < -0.4 is 10.5 Å². The van der Waals surface area contributed by atoms with E-state index in [0.29, 0.717) is 17.7 Å².